The summed E-state index contributed by atoms with van der Waals surface area (Å²) in [4.78, 5) is 4.72. The van der Waals surface area contributed by atoms with E-state index in [2.05, 4.69) is 96.7 Å². The molecule has 0 amide bonds. The molecule has 118 valence electrons. The van der Waals surface area contributed by atoms with Crippen molar-refractivity contribution < 1.29 is 0 Å². The molecule has 23 heavy (non-hydrogen) atoms. The number of rotatable bonds is 6. The second kappa shape index (κ2) is 7.30. The van der Waals surface area contributed by atoms with E-state index >= 15 is 0 Å². The van der Waals surface area contributed by atoms with Crippen molar-refractivity contribution in [3.63, 3.8) is 0 Å². The van der Waals surface area contributed by atoms with Crippen molar-refractivity contribution in [2.24, 2.45) is 0 Å². The Bertz CT molecular complexity index is 745. The van der Waals surface area contributed by atoms with E-state index < -0.39 is 0 Å². The highest BCUT2D eigenvalue weighted by Gasteiger charge is 2.11. The molecule has 0 aromatic heterocycles. The third-order valence-corrected chi connectivity index (χ3v) is 4.14. The molecular weight excluding hydrogens is 280 g/mol. The molecule has 0 unspecified atom stereocenters. The van der Waals surface area contributed by atoms with Gasteiger partial charge in [-0.2, -0.15) is 0 Å². The molecular formula is C21H24N2. The second-order valence-electron chi connectivity index (χ2n) is 6.21. The van der Waals surface area contributed by atoms with Crippen LogP contribution in [-0.2, 0) is 6.54 Å². The average Bonchev–Trinajstić information content (AvgIpc) is 2.59. The van der Waals surface area contributed by atoms with Gasteiger partial charge in [0.15, 0.2) is 0 Å². The van der Waals surface area contributed by atoms with Crippen molar-refractivity contribution in [3.05, 3.63) is 78.4 Å². The van der Waals surface area contributed by atoms with Gasteiger partial charge in [-0.1, -0.05) is 66.7 Å². The molecule has 2 nitrogen and oxygen atoms in total. The molecule has 3 aromatic rings. The van der Waals surface area contributed by atoms with Crippen molar-refractivity contribution in [2.45, 2.75) is 6.54 Å². The Kier molecular flexibility index (Phi) is 4.94. The first kappa shape index (κ1) is 15.6. The molecule has 0 aliphatic rings. The quantitative estimate of drug-likeness (QED) is 0.665. The summed E-state index contributed by atoms with van der Waals surface area (Å²) < 4.78 is 0. The highest BCUT2D eigenvalue weighted by molar-refractivity contribution is 5.94. The van der Waals surface area contributed by atoms with Crippen LogP contribution in [0.5, 0.6) is 0 Å². The van der Waals surface area contributed by atoms with Crippen LogP contribution in [-0.4, -0.2) is 32.1 Å². The normalized spacial score (nSPS) is 11.1. The van der Waals surface area contributed by atoms with Gasteiger partial charge in [0.2, 0.25) is 0 Å². The Labute approximate surface area is 139 Å². The number of fused-ring (bicyclic) bond motifs is 1. The van der Waals surface area contributed by atoms with Crippen molar-refractivity contribution >= 4 is 16.5 Å². The Morgan fingerprint density at radius 1 is 0.696 bits per heavy atom. The van der Waals surface area contributed by atoms with Crippen LogP contribution in [0.15, 0.2) is 72.8 Å². The molecule has 0 aliphatic carbocycles. The number of likely N-dealkylation sites (N-methyl/N-ethyl adjacent to an activating group) is 1. The van der Waals surface area contributed by atoms with E-state index in [9.17, 15) is 0 Å². The fourth-order valence-electron chi connectivity index (χ4n) is 2.89. The molecule has 0 fully saturated rings. The van der Waals surface area contributed by atoms with Crippen LogP contribution in [0, 0.1) is 0 Å². The zero-order valence-corrected chi connectivity index (χ0v) is 13.9. The monoisotopic (exact) mass is 304 g/mol. The highest BCUT2D eigenvalue weighted by Crippen LogP contribution is 2.27. The molecule has 0 bridgehead atoms. The molecule has 0 atom stereocenters. The summed E-state index contributed by atoms with van der Waals surface area (Å²) in [5.41, 5.74) is 2.66. The van der Waals surface area contributed by atoms with Crippen LogP contribution in [0.1, 0.15) is 5.56 Å². The van der Waals surface area contributed by atoms with Crippen molar-refractivity contribution in [3.8, 4) is 0 Å². The largest absolute Gasteiger partial charge is 0.365 e. The molecule has 0 spiro atoms. The van der Waals surface area contributed by atoms with E-state index in [1.54, 1.807) is 0 Å². The topological polar surface area (TPSA) is 6.48 Å². The highest BCUT2D eigenvalue weighted by atomic mass is 15.2. The lowest BCUT2D eigenvalue weighted by Crippen LogP contribution is -2.31. The molecule has 3 rings (SSSR count). The van der Waals surface area contributed by atoms with E-state index in [0.29, 0.717) is 0 Å². The molecule has 0 heterocycles. The van der Waals surface area contributed by atoms with Crippen LogP contribution in [0.4, 0.5) is 5.69 Å². The standard InChI is InChI=1S/C21H24N2/c1-22(2)15-16-23(17-18-9-4-3-5-10-18)21-14-8-12-19-11-6-7-13-20(19)21/h3-14H,15-17H2,1-2H3. The van der Waals surface area contributed by atoms with Gasteiger partial charge in [0.1, 0.15) is 0 Å². The number of anilines is 1. The van der Waals surface area contributed by atoms with Crippen LogP contribution in [0.2, 0.25) is 0 Å². The van der Waals surface area contributed by atoms with Crippen molar-refractivity contribution in [1.29, 1.82) is 0 Å². The van der Waals surface area contributed by atoms with Gasteiger partial charge in [-0.15, -0.1) is 0 Å². The van der Waals surface area contributed by atoms with E-state index in [-0.39, 0.29) is 0 Å². The smallest absolute Gasteiger partial charge is 0.0449 e. The molecule has 3 aromatic carbocycles. The number of hydrogen-bond donors (Lipinski definition) is 0. The van der Waals surface area contributed by atoms with Crippen LogP contribution in [0.3, 0.4) is 0 Å². The van der Waals surface area contributed by atoms with Gasteiger partial charge in [-0.3, -0.25) is 0 Å². The molecule has 0 N–H and O–H groups in total. The van der Waals surface area contributed by atoms with Gasteiger partial charge in [0.05, 0.1) is 0 Å². The summed E-state index contributed by atoms with van der Waals surface area (Å²) in [6, 6.07) is 25.9. The van der Waals surface area contributed by atoms with Gasteiger partial charge in [-0.05, 0) is 31.1 Å². The lowest BCUT2D eigenvalue weighted by molar-refractivity contribution is 0.413. The van der Waals surface area contributed by atoms with Gasteiger partial charge < -0.3 is 9.80 Å². The zero-order chi connectivity index (χ0) is 16.1. The Morgan fingerprint density at radius 3 is 2.17 bits per heavy atom. The summed E-state index contributed by atoms with van der Waals surface area (Å²) in [5, 5.41) is 2.62. The maximum absolute atomic E-state index is 2.48. The predicted molar refractivity (Wildman–Crippen MR) is 100.0 cm³/mol. The van der Waals surface area contributed by atoms with Crippen LogP contribution < -0.4 is 4.90 Å². The maximum Gasteiger partial charge on any atom is 0.0449 e. The van der Waals surface area contributed by atoms with E-state index in [4.69, 9.17) is 0 Å². The lowest BCUT2D eigenvalue weighted by atomic mass is 10.1. The van der Waals surface area contributed by atoms with Crippen molar-refractivity contribution in [1.82, 2.24) is 4.90 Å². The first-order valence-corrected chi connectivity index (χ1v) is 8.15. The lowest BCUT2D eigenvalue weighted by Gasteiger charge is -2.28. The molecule has 0 radical (unpaired) electrons. The van der Waals surface area contributed by atoms with E-state index in [1.165, 1.54) is 22.0 Å². The minimum absolute atomic E-state index is 0.933. The van der Waals surface area contributed by atoms with Crippen LogP contribution >= 0.6 is 0 Å². The first-order valence-electron chi connectivity index (χ1n) is 8.15. The minimum atomic E-state index is 0.933. The third-order valence-electron chi connectivity index (χ3n) is 4.14. The Hall–Kier alpha value is -2.32. The zero-order valence-electron chi connectivity index (χ0n) is 13.9. The molecule has 2 heteroatoms. The molecule has 0 saturated carbocycles. The van der Waals surface area contributed by atoms with Gasteiger partial charge in [0.25, 0.3) is 0 Å². The number of benzene rings is 3. The van der Waals surface area contributed by atoms with Crippen LogP contribution in [0.25, 0.3) is 10.8 Å². The molecule has 0 aliphatic heterocycles. The summed E-state index contributed by atoms with van der Waals surface area (Å²) in [6.45, 7) is 2.98. The average molecular weight is 304 g/mol. The second-order valence-corrected chi connectivity index (χ2v) is 6.21. The summed E-state index contributed by atoms with van der Waals surface area (Å²) in [6.07, 6.45) is 0. The maximum atomic E-state index is 2.48. The number of nitrogens with zero attached hydrogens (tertiary/aromatic N) is 2. The summed E-state index contributed by atoms with van der Waals surface area (Å²) in [7, 11) is 4.26. The third kappa shape index (κ3) is 3.91. The van der Waals surface area contributed by atoms with Gasteiger partial charge in [-0.25, -0.2) is 0 Å². The minimum Gasteiger partial charge on any atom is -0.365 e. The van der Waals surface area contributed by atoms with E-state index in [1.807, 2.05) is 0 Å². The van der Waals surface area contributed by atoms with Gasteiger partial charge >= 0.3 is 0 Å². The number of hydrogen-bond acceptors (Lipinski definition) is 2. The van der Waals surface area contributed by atoms with Crippen molar-refractivity contribution in [2.75, 3.05) is 32.1 Å². The first-order chi connectivity index (χ1) is 11.2. The van der Waals surface area contributed by atoms with Gasteiger partial charge in [0, 0.05) is 30.7 Å². The Morgan fingerprint density at radius 2 is 1.39 bits per heavy atom. The summed E-state index contributed by atoms with van der Waals surface area (Å²) in [5.74, 6) is 0. The van der Waals surface area contributed by atoms with E-state index in [0.717, 1.165) is 19.6 Å². The summed E-state index contributed by atoms with van der Waals surface area (Å²) >= 11 is 0. The fourth-order valence-corrected chi connectivity index (χ4v) is 2.89. The SMILES string of the molecule is CN(C)CCN(Cc1ccccc1)c1cccc2ccccc12. The molecule has 0 saturated heterocycles. The predicted octanol–water partition coefficient (Wildman–Crippen LogP) is 4.41. The Balaban J connectivity index is 1.96. The fraction of sp³-hybridized carbons (Fsp3) is 0.238.